The van der Waals surface area contributed by atoms with Crippen LogP contribution in [0.2, 0.25) is 0 Å². The summed E-state index contributed by atoms with van der Waals surface area (Å²) in [6.45, 7) is 1.12. The Morgan fingerprint density at radius 1 is 0.977 bits per heavy atom. The van der Waals surface area contributed by atoms with Crippen LogP contribution in [0.4, 0.5) is 17.3 Å². The molecule has 2 aliphatic carbocycles. The molecule has 0 aliphatic heterocycles. The van der Waals surface area contributed by atoms with E-state index in [-0.39, 0.29) is 5.25 Å². The summed E-state index contributed by atoms with van der Waals surface area (Å²) in [4.78, 5) is 15.8. The lowest BCUT2D eigenvalue weighted by Gasteiger charge is -2.31. The van der Waals surface area contributed by atoms with Crippen LogP contribution in [0.1, 0.15) is 49.7 Å². The number of hydrogen-bond acceptors (Lipinski definition) is 10. The fourth-order valence-electron chi connectivity index (χ4n) is 5.37. The second-order valence-electron chi connectivity index (χ2n) is 11.6. The van der Waals surface area contributed by atoms with Crippen LogP contribution >= 0.6 is 0 Å². The zero-order chi connectivity index (χ0) is 30.0. The number of anilines is 3. The third-order valence-electron chi connectivity index (χ3n) is 7.72. The van der Waals surface area contributed by atoms with Gasteiger partial charge in [-0.25, -0.2) is 23.4 Å². The van der Waals surface area contributed by atoms with Crippen molar-refractivity contribution in [1.29, 1.82) is 0 Å². The molecule has 0 aromatic carbocycles. The molecule has 6 rings (SSSR count). The number of aromatic nitrogens is 7. The van der Waals surface area contributed by atoms with Crippen molar-refractivity contribution >= 4 is 27.3 Å². The molecule has 0 saturated heterocycles. The summed E-state index contributed by atoms with van der Waals surface area (Å²) in [7, 11) is 2.68. The summed E-state index contributed by atoms with van der Waals surface area (Å²) in [5, 5.41) is 14.9. The van der Waals surface area contributed by atoms with Crippen LogP contribution < -0.4 is 10.6 Å². The van der Waals surface area contributed by atoms with E-state index in [1.54, 1.807) is 29.3 Å². The molecule has 2 saturated carbocycles. The Balaban J connectivity index is 1.21. The van der Waals surface area contributed by atoms with Gasteiger partial charge in [0.05, 0.1) is 46.2 Å². The normalized spacial score (nSPS) is 18.7. The van der Waals surface area contributed by atoms with E-state index in [0.29, 0.717) is 41.9 Å². The molecule has 0 unspecified atom stereocenters. The van der Waals surface area contributed by atoms with Crippen LogP contribution in [0.15, 0.2) is 49.3 Å². The van der Waals surface area contributed by atoms with E-state index >= 15 is 0 Å². The summed E-state index contributed by atoms with van der Waals surface area (Å²) >= 11 is 0. The molecule has 4 aromatic rings. The first-order chi connectivity index (χ1) is 20.7. The van der Waals surface area contributed by atoms with Gasteiger partial charge in [0.25, 0.3) is 10.0 Å². The molecule has 2 N–H and O–H groups in total. The zero-order valence-corrected chi connectivity index (χ0v) is 25.4. The number of nitrogens with one attached hydrogen (secondary N) is 2. The molecule has 0 amide bonds. The predicted octanol–water partition coefficient (Wildman–Crippen LogP) is 3.48. The molecule has 4 heterocycles. The molecule has 224 valence electrons. The largest absolute Gasteiger partial charge is 0.381 e. The van der Waals surface area contributed by atoms with Gasteiger partial charge in [-0.05, 0) is 64.6 Å². The molecule has 2 aliphatic rings. The number of rotatable bonds is 9. The third-order valence-corrected chi connectivity index (χ3v) is 9.75. The standard InChI is InChI=1S/C30H36N10O2S/c1-38(2)18-21-5-8-25(9-6-21)35-27-14-29(32-16-23(27)7-4-22-15-33-39(3)19-22)36-28-12-13-31-30(37-28)24-17-34-40(20-24)43(41,42)26-10-11-26/h12-17,19-21,25-26H,5-6,8-11,18H2,1-3H3,(H2,31,32,35,36,37). The Labute approximate surface area is 252 Å². The highest BCUT2D eigenvalue weighted by Crippen LogP contribution is 2.31. The lowest BCUT2D eigenvalue weighted by atomic mass is 9.85. The lowest BCUT2D eigenvalue weighted by Crippen LogP contribution is -2.31. The molecular weight excluding hydrogens is 564 g/mol. The minimum atomic E-state index is -3.46. The second-order valence-corrected chi connectivity index (χ2v) is 13.7. The summed E-state index contributed by atoms with van der Waals surface area (Å²) in [6, 6.07) is 4.05. The van der Waals surface area contributed by atoms with Crippen molar-refractivity contribution in [3.8, 4) is 23.2 Å². The number of hydrogen-bond donors (Lipinski definition) is 2. The number of aryl methyl sites for hydroxylation is 1. The fraction of sp³-hybridized carbons (Fsp3) is 0.433. The van der Waals surface area contributed by atoms with Crippen molar-refractivity contribution in [2.75, 3.05) is 31.3 Å². The number of nitrogens with zero attached hydrogens (tertiary/aromatic N) is 8. The maximum atomic E-state index is 12.6. The topological polar surface area (TPSA) is 136 Å². The van der Waals surface area contributed by atoms with Gasteiger partial charge in [-0.1, -0.05) is 11.8 Å². The molecule has 4 aromatic heterocycles. The van der Waals surface area contributed by atoms with Gasteiger partial charge < -0.3 is 15.5 Å². The van der Waals surface area contributed by atoms with E-state index in [4.69, 9.17) is 0 Å². The Morgan fingerprint density at radius 3 is 2.51 bits per heavy atom. The van der Waals surface area contributed by atoms with E-state index in [2.05, 4.69) is 66.6 Å². The van der Waals surface area contributed by atoms with Gasteiger partial charge in [-0.3, -0.25) is 4.68 Å². The van der Waals surface area contributed by atoms with E-state index in [0.717, 1.165) is 46.2 Å². The average Bonchev–Trinajstić information content (AvgIpc) is 3.58. The zero-order valence-electron chi connectivity index (χ0n) is 24.6. The van der Waals surface area contributed by atoms with Gasteiger partial charge in [0.1, 0.15) is 11.6 Å². The van der Waals surface area contributed by atoms with Gasteiger partial charge >= 0.3 is 0 Å². The molecule has 13 heteroatoms. The first-order valence-corrected chi connectivity index (χ1v) is 16.0. The van der Waals surface area contributed by atoms with Crippen LogP contribution in [0.3, 0.4) is 0 Å². The molecule has 0 bridgehead atoms. The van der Waals surface area contributed by atoms with Gasteiger partial charge in [-0.15, -0.1) is 0 Å². The van der Waals surface area contributed by atoms with Crippen molar-refractivity contribution in [2.24, 2.45) is 13.0 Å². The highest BCUT2D eigenvalue weighted by Gasteiger charge is 2.37. The van der Waals surface area contributed by atoms with Gasteiger partial charge in [0.15, 0.2) is 5.82 Å². The van der Waals surface area contributed by atoms with Crippen LogP contribution in [0.25, 0.3) is 11.4 Å². The van der Waals surface area contributed by atoms with Crippen LogP contribution in [0, 0.1) is 17.8 Å². The quantitative estimate of drug-likeness (QED) is 0.275. The van der Waals surface area contributed by atoms with Crippen LogP contribution in [-0.2, 0) is 17.1 Å². The predicted molar refractivity (Wildman–Crippen MR) is 165 cm³/mol. The van der Waals surface area contributed by atoms with Crippen molar-refractivity contribution in [3.63, 3.8) is 0 Å². The smallest absolute Gasteiger partial charge is 0.256 e. The summed E-state index contributed by atoms with van der Waals surface area (Å²) < 4.78 is 27.9. The fourth-order valence-corrected chi connectivity index (χ4v) is 6.85. The van der Waals surface area contributed by atoms with Crippen LogP contribution in [-0.4, -0.2) is 79.2 Å². The monoisotopic (exact) mass is 600 g/mol. The van der Waals surface area contributed by atoms with Gasteiger partial charge in [0, 0.05) is 44.3 Å². The van der Waals surface area contributed by atoms with Crippen molar-refractivity contribution < 1.29 is 8.42 Å². The Kier molecular flexibility index (Phi) is 8.14. The first kappa shape index (κ1) is 28.8. The van der Waals surface area contributed by atoms with Crippen molar-refractivity contribution in [2.45, 2.75) is 49.8 Å². The first-order valence-electron chi connectivity index (χ1n) is 14.5. The average molecular weight is 601 g/mol. The third kappa shape index (κ3) is 7.03. The molecule has 2 fully saturated rings. The highest BCUT2D eigenvalue weighted by atomic mass is 32.2. The SMILES string of the molecule is CN(C)CC1CCC(Nc2cc(Nc3ccnc(-c4cnn(S(=O)(=O)C5CC5)c4)n3)ncc2C#Cc2cnn(C)c2)CC1. The highest BCUT2D eigenvalue weighted by molar-refractivity contribution is 7.90. The molecule has 12 nitrogen and oxygen atoms in total. The maximum Gasteiger partial charge on any atom is 0.256 e. The van der Waals surface area contributed by atoms with Crippen LogP contribution in [0.5, 0.6) is 0 Å². The minimum absolute atomic E-state index is 0.349. The van der Waals surface area contributed by atoms with E-state index < -0.39 is 10.0 Å². The number of pyridine rings is 1. The Bertz CT molecular complexity index is 1760. The van der Waals surface area contributed by atoms with E-state index in [9.17, 15) is 8.42 Å². The van der Waals surface area contributed by atoms with E-state index in [1.165, 1.54) is 25.2 Å². The van der Waals surface area contributed by atoms with Crippen molar-refractivity contribution in [3.05, 3.63) is 60.4 Å². The summed E-state index contributed by atoms with van der Waals surface area (Å²) in [5.41, 5.74) is 3.07. The lowest BCUT2D eigenvalue weighted by molar-refractivity contribution is 0.255. The molecule has 43 heavy (non-hydrogen) atoms. The molecule has 0 spiro atoms. The molecular formula is C30H36N10O2S. The Morgan fingerprint density at radius 2 is 1.79 bits per heavy atom. The van der Waals surface area contributed by atoms with Crippen molar-refractivity contribution in [1.82, 2.24) is 38.8 Å². The maximum absolute atomic E-state index is 12.6. The summed E-state index contributed by atoms with van der Waals surface area (Å²) in [6.07, 6.45) is 15.9. The molecule has 0 atom stereocenters. The molecule has 0 radical (unpaired) electrons. The second kappa shape index (κ2) is 12.1. The minimum Gasteiger partial charge on any atom is -0.381 e. The van der Waals surface area contributed by atoms with Gasteiger partial charge in [0.2, 0.25) is 0 Å². The van der Waals surface area contributed by atoms with Gasteiger partial charge in [-0.2, -0.15) is 14.3 Å². The Hall–Kier alpha value is -4.28. The van der Waals surface area contributed by atoms with E-state index in [1.807, 2.05) is 19.3 Å². The summed E-state index contributed by atoms with van der Waals surface area (Å²) in [5.74, 6) is 8.69.